The molecule has 3 fully saturated rings. The molecule has 1 aromatic rings. The first-order valence-corrected chi connectivity index (χ1v) is 8.39. The summed E-state index contributed by atoms with van der Waals surface area (Å²) in [5, 5.41) is 3.54. The summed E-state index contributed by atoms with van der Waals surface area (Å²) in [4.78, 5) is 0. The Morgan fingerprint density at radius 3 is 2.52 bits per heavy atom. The van der Waals surface area contributed by atoms with Crippen molar-refractivity contribution < 1.29 is 8.78 Å². The van der Waals surface area contributed by atoms with Gasteiger partial charge in [-0.3, -0.25) is 0 Å². The van der Waals surface area contributed by atoms with E-state index in [4.69, 9.17) is 0 Å². The van der Waals surface area contributed by atoms with Crippen LogP contribution in [0.1, 0.15) is 44.2 Å². The lowest BCUT2D eigenvalue weighted by Gasteiger charge is -2.23. The van der Waals surface area contributed by atoms with Crippen molar-refractivity contribution in [2.45, 2.75) is 38.6 Å². The number of hydrogen-bond donors (Lipinski definition) is 1. The molecule has 3 aliphatic carbocycles. The van der Waals surface area contributed by atoms with Gasteiger partial charge in [-0.15, -0.1) is 0 Å². The molecule has 5 atom stereocenters. The third-order valence-electron chi connectivity index (χ3n) is 6.09. The zero-order chi connectivity index (χ0) is 14.6. The molecular formula is C18H23F2N. The summed E-state index contributed by atoms with van der Waals surface area (Å²) >= 11 is 0. The Hall–Kier alpha value is -0.960. The predicted molar refractivity (Wildman–Crippen MR) is 78.7 cm³/mol. The second kappa shape index (κ2) is 5.05. The van der Waals surface area contributed by atoms with Gasteiger partial charge in [-0.2, -0.15) is 0 Å². The van der Waals surface area contributed by atoms with E-state index in [-0.39, 0.29) is 11.9 Å². The highest BCUT2D eigenvalue weighted by atomic mass is 19.1. The van der Waals surface area contributed by atoms with E-state index in [2.05, 4.69) is 12.2 Å². The van der Waals surface area contributed by atoms with Crippen molar-refractivity contribution in [1.29, 1.82) is 0 Å². The molecule has 4 rings (SSSR count). The molecule has 3 aliphatic rings. The van der Waals surface area contributed by atoms with E-state index >= 15 is 0 Å². The Kier molecular flexibility index (Phi) is 3.29. The van der Waals surface area contributed by atoms with Crippen molar-refractivity contribution in [2.75, 3.05) is 6.54 Å². The van der Waals surface area contributed by atoms with Crippen LogP contribution in [0.2, 0.25) is 0 Å². The fraction of sp³-hybridized carbons (Fsp3) is 0.667. The highest BCUT2D eigenvalue weighted by Gasteiger charge is 2.66. The number of rotatable bonds is 5. The normalized spacial score (nSPS) is 37.6. The molecule has 0 amide bonds. The Bertz CT molecular complexity index is 528. The molecular weight excluding hydrogens is 268 g/mol. The van der Waals surface area contributed by atoms with Crippen LogP contribution in [0.3, 0.4) is 0 Å². The third-order valence-corrected chi connectivity index (χ3v) is 6.09. The van der Waals surface area contributed by atoms with E-state index in [1.54, 1.807) is 6.07 Å². The number of nitrogens with one attached hydrogen (secondary N) is 1. The molecule has 0 heterocycles. The summed E-state index contributed by atoms with van der Waals surface area (Å²) in [6.07, 6.45) is 5.18. The molecule has 0 aliphatic heterocycles. The van der Waals surface area contributed by atoms with Crippen molar-refractivity contribution in [3.05, 3.63) is 35.4 Å². The van der Waals surface area contributed by atoms with E-state index in [1.165, 1.54) is 25.3 Å². The van der Waals surface area contributed by atoms with Gasteiger partial charge in [0.1, 0.15) is 11.6 Å². The second-order valence-electron chi connectivity index (χ2n) is 7.16. The van der Waals surface area contributed by atoms with Crippen molar-refractivity contribution in [3.63, 3.8) is 0 Å². The van der Waals surface area contributed by atoms with Gasteiger partial charge >= 0.3 is 0 Å². The maximum atomic E-state index is 14.2. The maximum absolute atomic E-state index is 14.2. The van der Waals surface area contributed by atoms with Crippen LogP contribution in [0.4, 0.5) is 8.78 Å². The topological polar surface area (TPSA) is 12.0 Å². The van der Waals surface area contributed by atoms with E-state index in [1.807, 2.05) is 0 Å². The van der Waals surface area contributed by atoms with Gasteiger partial charge in [0.2, 0.25) is 0 Å². The predicted octanol–water partition coefficient (Wildman–Crippen LogP) is 4.30. The number of halogens is 2. The van der Waals surface area contributed by atoms with Crippen LogP contribution in [0, 0.1) is 41.2 Å². The monoisotopic (exact) mass is 291 g/mol. The minimum atomic E-state index is -0.485. The van der Waals surface area contributed by atoms with Crippen molar-refractivity contribution in [2.24, 2.45) is 29.6 Å². The Labute approximate surface area is 125 Å². The van der Waals surface area contributed by atoms with Gasteiger partial charge < -0.3 is 5.32 Å². The van der Waals surface area contributed by atoms with Gasteiger partial charge in [-0.05, 0) is 67.9 Å². The summed E-state index contributed by atoms with van der Waals surface area (Å²) in [5.74, 6) is 3.04. The fourth-order valence-corrected chi connectivity index (χ4v) is 5.35. The fourth-order valence-electron chi connectivity index (χ4n) is 5.35. The van der Waals surface area contributed by atoms with E-state index in [9.17, 15) is 8.78 Å². The molecule has 21 heavy (non-hydrogen) atoms. The number of fused-ring (bicyclic) bond motifs is 5. The molecule has 3 heteroatoms. The quantitative estimate of drug-likeness (QED) is 0.853. The van der Waals surface area contributed by atoms with Crippen LogP contribution in [0.15, 0.2) is 18.2 Å². The average molecular weight is 291 g/mol. The maximum Gasteiger partial charge on any atom is 0.130 e. The lowest BCUT2D eigenvalue weighted by atomic mass is 9.92. The van der Waals surface area contributed by atoms with Crippen molar-refractivity contribution >= 4 is 0 Å². The molecule has 0 spiro atoms. The minimum absolute atomic E-state index is 0.0731. The van der Waals surface area contributed by atoms with Crippen LogP contribution >= 0.6 is 0 Å². The van der Waals surface area contributed by atoms with Gasteiger partial charge in [0.05, 0.1) is 0 Å². The summed E-state index contributed by atoms with van der Waals surface area (Å²) in [5.41, 5.74) is 0.670. The molecule has 0 saturated heterocycles. The number of hydrogen-bond acceptors (Lipinski definition) is 1. The van der Waals surface area contributed by atoms with Gasteiger partial charge in [0, 0.05) is 17.7 Å². The van der Waals surface area contributed by atoms with Crippen molar-refractivity contribution in [3.8, 4) is 0 Å². The number of benzene rings is 1. The van der Waals surface area contributed by atoms with Gasteiger partial charge in [-0.25, -0.2) is 8.78 Å². The van der Waals surface area contributed by atoms with Crippen LogP contribution in [-0.4, -0.2) is 6.54 Å². The Morgan fingerprint density at radius 2 is 1.90 bits per heavy atom. The first-order chi connectivity index (χ1) is 10.2. The standard InChI is InChI=1S/C18H23F2N/c1-2-7-21-18(13-6-5-12(19)9-14(13)20)17-15-10-3-4-11(8-10)16(15)17/h5-6,9-11,15-18,21H,2-4,7-8H2,1H3. The molecule has 3 saturated carbocycles. The second-order valence-corrected chi connectivity index (χ2v) is 7.16. The summed E-state index contributed by atoms with van der Waals surface area (Å²) in [7, 11) is 0. The van der Waals surface area contributed by atoms with E-state index in [0.717, 1.165) is 42.7 Å². The van der Waals surface area contributed by atoms with Crippen LogP contribution in [0.5, 0.6) is 0 Å². The minimum Gasteiger partial charge on any atom is -0.310 e. The first-order valence-electron chi connectivity index (χ1n) is 8.39. The lowest BCUT2D eigenvalue weighted by molar-refractivity contribution is 0.361. The zero-order valence-corrected chi connectivity index (χ0v) is 12.5. The third kappa shape index (κ3) is 2.12. The highest BCUT2D eigenvalue weighted by molar-refractivity contribution is 5.28. The van der Waals surface area contributed by atoms with E-state index in [0.29, 0.717) is 11.5 Å². The summed E-state index contributed by atoms with van der Waals surface area (Å²) in [6.45, 7) is 3.02. The van der Waals surface area contributed by atoms with Gasteiger partial charge in [0.25, 0.3) is 0 Å². The molecule has 0 aromatic heterocycles. The molecule has 2 bridgehead atoms. The van der Waals surface area contributed by atoms with Crippen LogP contribution in [-0.2, 0) is 0 Å². The largest absolute Gasteiger partial charge is 0.310 e. The van der Waals surface area contributed by atoms with Crippen LogP contribution in [0.25, 0.3) is 0 Å². The highest BCUT2D eigenvalue weighted by Crippen LogP contribution is 2.72. The first kappa shape index (κ1) is 13.7. The van der Waals surface area contributed by atoms with E-state index < -0.39 is 5.82 Å². The average Bonchev–Trinajstić information content (AvgIpc) is 2.88. The van der Waals surface area contributed by atoms with Gasteiger partial charge in [0.15, 0.2) is 0 Å². The SMILES string of the molecule is CCCNC(c1ccc(F)cc1F)C1C2C3CCC(C3)C21. The molecule has 5 unspecified atom stereocenters. The summed E-state index contributed by atoms with van der Waals surface area (Å²) < 4.78 is 27.4. The lowest BCUT2D eigenvalue weighted by Crippen LogP contribution is -2.27. The van der Waals surface area contributed by atoms with Crippen molar-refractivity contribution in [1.82, 2.24) is 5.32 Å². The summed E-state index contributed by atoms with van der Waals surface area (Å²) in [6, 6.07) is 4.15. The molecule has 1 nitrogen and oxygen atoms in total. The Balaban J connectivity index is 1.60. The van der Waals surface area contributed by atoms with Crippen LogP contribution < -0.4 is 5.32 Å². The smallest absolute Gasteiger partial charge is 0.130 e. The molecule has 114 valence electrons. The molecule has 1 aromatic carbocycles. The van der Waals surface area contributed by atoms with Gasteiger partial charge in [-0.1, -0.05) is 13.0 Å². The zero-order valence-electron chi connectivity index (χ0n) is 12.5. The Morgan fingerprint density at radius 1 is 1.19 bits per heavy atom. The molecule has 1 N–H and O–H groups in total. The molecule has 0 radical (unpaired) electrons.